The molecule has 144 valence electrons. The number of hydrogen-bond donors (Lipinski definition) is 1. The second kappa shape index (κ2) is 8.08. The molecule has 0 bridgehead atoms. The van der Waals surface area contributed by atoms with Gasteiger partial charge in [0.15, 0.2) is 11.5 Å². The minimum absolute atomic E-state index is 0.0223. The first-order valence-electron chi connectivity index (χ1n) is 8.84. The fraction of sp³-hybridized carbons (Fsp3) is 0.227. The number of methoxy groups -OCH3 is 2. The zero-order valence-electron chi connectivity index (χ0n) is 16.3. The number of aliphatic imine (C=N–C) groups is 1. The summed E-state index contributed by atoms with van der Waals surface area (Å²) in [6, 6.07) is 5.37. The molecular formula is C22H22N2O4. The van der Waals surface area contributed by atoms with E-state index in [2.05, 4.69) is 10.3 Å². The maximum Gasteiger partial charge on any atom is 0.270 e. The molecule has 0 spiro atoms. The van der Waals surface area contributed by atoms with E-state index in [-0.39, 0.29) is 11.8 Å². The number of carbonyl (C=O) groups is 2. The molecule has 1 aliphatic heterocycles. The summed E-state index contributed by atoms with van der Waals surface area (Å²) in [5, 5.41) is 2.86. The minimum Gasteiger partial charge on any atom is -0.493 e. The predicted octanol–water partition coefficient (Wildman–Crippen LogP) is 3.22. The number of carbonyl (C=O) groups excluding carboxylic acids is 2. The van der Waals surface area contributed by atoms with Crippen molar-refractivity contribution in [2.24, 2.45) is 10.9 Å². The highest BCUT2D eigenvalue weighted by Crippen LogP contribution is 2.30. The van der Waals surface area contributed by atoms with Crippen molar-refractivity contribution in [1.29, 1.82) is 0 Å². The van der Waals surface area contributed by atoms with Gasteiger partial charge in [0, 0.05) is 23.3 Å². The SMILES string of the molecule is COc1ccc(/C=C\C(=O)N=C2C=CC3C(=C2)NC(=O)C(C)=C3C)cc1OC. The molecule has 0 radical (unpaired) electrons. The largest absolute Gasteiger partial charge is 0.493 e. The molecule has 28 heavy (non-hydrogen) atoms. The first-order valence-corrected chi connectivity index (χ1v) is 8.84. The number of nitrogens with zero attached hydrogens (tertiary/aromatic N) is 1. The van der Waals surface area contributed by atoms with Gasteiger partial charge in [-0.05, 0) is 49.8 Å². The van der Waals surface area contributed by atoms with E-state index in [1.807, 2.05) is 19.1 Å². The molecule has 0 fully saturated rings. The van der Waals surface area contributed by atoms with Crippen molar-refractivity contribution < 1.29 is 19.1 Å². The third kappa shape index (κ3) is 3.96. The predicted molar refractivity (Wildman–Crippen MR) is 108 cm³/mol. The highest BCUT2D eigenvalue weighted by atomic mass is 16.5. The smallest absolute Gasteiger partial charge is 0.270 e. The Bertz CT molecular complexity index is 980. The van der Waals surface area contributed by atoms with E-state index in [1.165, 1.54) is 6.08 Å². The van der Waals surface area contributed by atoms with E-state index in [1.54, 1.807) is 51.5 Å². The van der Waals surface area contributed by atoms with Gasteiger partial charge in [0.25, 0.3) is 11.8 Å². The Balaban J connectivity index is 1.76. The molecule has 0 aromatic heterocycles. The van der Waals surface area contributed by atoms with Crippen molar-refractivity contribution in [3.05, 3.63) is 64.9 Å². The summed E-state index contributed by atoms with van der Waals surface area (Å²) in [6.07, 6.45) is 8.53. The minimum atomic E-state index is -0.393. The van der Waals surface area contributed by atoms with Crippen LogP contribution in [0, 0.1) is 5.92 Å². The van der Waals surface area contributed by atoms with Crippen LogP contribution >= 0.6 is 0 Å². The Morgan fingerprint density at radius 2 is 1.93 bits per heavy atom. The topological polar surface area (TPSA) is 77.0 Å². The maximum absolute atomic E-state index is 12.2. The fourth-order valence-electron chi connectivity index (χ4n) is 3.08. The van der Waals surface area contributed by atoms with Crippen LogP contribution in [0.1, 0.15) is 19.4 Å². The highest BCUT2D eigenvalue weighted by molar-refractivity contribution is 6.13. The van der Waals surface area contributed by atoms with E-state index in [4.69, 9.17) is 9.47 Å². The van der Waals surface area contributed by atoms with Crippen LogP contribution in [-0.4, -0.2) is 31.7 Å². The van der Waals surface area contributed by atoms with Crippen molar-refractivity contribution in [3.8, 4) is 11.5 Å². The third-order valence-corrected chi connectivity index (χ3v) is 4.82. The summed E-state index contributed by atoms with van der Waals surface area (Å²) in [6.45, 7) is 3.75. The molecule has 0 saturated carbocycles. The molecule has 1 N–H and O–H groups in total. The second-order valence-corrected chi connectivity index (χ2v) is 6.52. The zero-order valence-corrected chi connectivity index (χ0v) is 16.3. The van der Waals surface area contributed by atoms with Crippen molar-refractivity contribution in [1.82, 2.24) is 5.32 Å². The first kappa shape index (κ1) is 19.4. The maximum atomic E-state index is 12.2. The van der Waals surface area contributed by atoms with E-state index < -0.39 is 5.91 Å². The second-order valence-electron chi connectivity index (χ2n) is 6.52. The lowest BCUT2D eigenvalue weighted by Crippen LogP contribution is -2.35. The molecule has 6 heteroatoms. The summed E-state index contributed by atoms with van der Waals surface area (Å²) >= 11 is 0. The molecule has 6 nitrogen and oxygen atoms in total. The normalized spacial score (nSPS) is 20.1. The Morgan fingerprint density at radius 3 is 2.64 bits per heavy atom. The zero-order chi connectivity index (χ0) is 20.3. The van der Waals surface area contributed by atoms with Gasteiger partial charge in [-0.3, -0.25) is 9.59 Å². The molecule has 3 rings (SSSR count). The molecule has 1 atom stereocenters. The first-order chi connectivity index (χ1) is 13.4. The summed E-state index contributed by atoms with van der Waals surface area (Å²) < 4.78 is 10.5. The number of rotatable bonds is 4. The van der Waals surface area contributed by atoms with Gasteiger partial charge in [-0.25, -0.2) is 4.99 Å². The summed E-state index contributed by atoms with van der Waals surface area (Å²) in [4.78, 5) is 28.3. The van der Waals surface area contributed by atoms with Crippen LogP contribution in [0.3, 0.4) is 0 Å². The van der Waals surface area contributed by atoms with Gasteiger partial charge in [0.05, 0.1) is 19.9 Å². The fourth-order valence-corrected chi connectivity index (χ4v) is 3.08. The van der Waals surface area contributed by atoms with E-state index in [9.17, 15) is 9.59 Å². The van der Waals surface area contributed by atoms with E-state index in [0.717, 1.165) is 22.4 Å². The van der Waals surface area contributed by atoms with E-state index >= 15 is 0 Å². The van der Waals surface area contributed by atoms with Gasteiger partial charge in [0.1, 0.15) is 0 Å². The monoisotopic (exact) mass is 378 g/mol. The van der Waals surface area contributed by atoms with Crippen LogP contribution in [0.2, 0.25) is 0 Å². The molecule has 0 saturated heterocycles. The van der Waals surface area contributed by atoms with Crippen molar-refractivity contribution in [3.63, 3.8) is 0 Å². The lowest BCUT2D eigenvalue weighted by Gasteiger charge is -2.28. The van der Waals surface area contributed by atoms with Gasteiger partial charge >= 0.3 is 0 Å². The Kier molecular flexibility index (Phi) is 5.59. The lowest BCUT2D eigenvalue weighted by atomic mass is 9.85. The highest BCUT2D eigenvalue weighted by Gasteiger charge is 2.27. The Labute approximate surface area is 163 Å². The molecule has 1 unspecified atom stereocenters. The molecule has 2 amide bonds. The van der Waals surface area contributed by atoms with Crippen LogP contribution in [0.15, 0.2) is 64.3 Å². The third-order valence-electron chi connectivity index (χ3n) is 4.82. The molecular weight excluding hydrogens is 356 g/mol. The molecule has 2 aliphatic rings. The summed E-state index contributed by atoms with van der Waals surface area (Å²) in [5.74, 6) is 0.716. The number of hydrogen-bond acceptors (Lipinski definition) is 4. The molecule has 1 aromatic carbocycles. The number of ether oxygens (including phenoxy) is 2. The Hall–Kier alpha value is -3.41. The van der Waals surface area contributed by atoms with Crippen LogP contribution in [-0.2, 0) is 9.59 Å². The average Bonchev–Trinajstić information content (AvgIpc) is 2.70. The number of benzene rings is 1. The van der Waals surface area contributed by atoms with Gasteiger partial charge in [-0.1, -0.05) is 17.7 Å². The van der Waals surface area contributed by atoms with Crippen LogP contribution in [0.5, 0.6) is 11.5 Å². The molecule has 1 aliphatic carbocycles. The van der Waals surface area contributed by atoms with Gasteiger partial charge in [0.2, 0.25) is 0 Å². The van der Waals surface area contributed by atoms with Crippen LogP contribution < -0.4 is 14.8 Å². The van der Waals surface area contributed by atoms with E-state index in [0.29, 0.717) is 17.2 Å². The van der Waals surface area contributed by atoms with Crippen LogP contribution in [0.25, 0.3) is 6.08 Å². The van der Waals surface area contributed by atoms with Crippen molar-refractivity contribution in [2.45, 2.75) is 13.8 Å². The van der Waals surface area contributed by atoms with Crippen LogP contribution in [0.4, 0.5) is 0 Å². The van der Waals surface area contributed by atoms with Gasteiger partial charge in [-0.15, -0.1) is 0 Å². The van der Waals surface area contributed by atoms with Crippen molar-refractivity contribution in [2.75, 3.05) is 14.2 Å². The number of allylic oxidation sites excluding steroid dienone is 3. The number of amides is 2. The standard InChI is InChI=1S/C22H22N2O4/c1-13-14(2)22(26)24-18-12-16(7-8-17(13)18)23-21(25)10-6-15-5-9-19(27-3)20(11-15)28-4/h5-12,17H,1-4H3,(H,24,26)/b10-6-,23-16?. The molecule has 1 aromatic rings. The quantitative estimate of drug-likeness (QED) is 0.816. The van der Waals surface area contributed by atoms with Gasteiger partial charge < -0.3 is 14.8 Å². The summed E-state index contributed by atoms with van der Waals surface area (Å²) in [5.41, 5.74) is 3.76. The van der Waals surface area contributed by atoms with Gasteiger partial charge in [-0.2, -0.15) is 0 Å². The lowest BCUT2D eigenvalue weighted by molar-refractivity contribution is -0.117. The average molecular weight is 378 g/mol. The number of nitrogens with one attached hydrogen (secondary N) is 1. The Morgan fingerprint density at radius 1 is 1.18 bits per heavy atom. The van der Waals surface area contributed by atoms with Crippen molar-refractivity contribution >= 4 is 23.6 Å². The molecule has 1 heterocycles. The summed E-state index contributed by atoms with van der Waals surface area (Å²) in [7, 11) is 3.12. The number of fused-ring (bicyclic) bond motifs is 1.